The van der Waals surface area contributed by atoms with E-state index < -0.39 is 0 Å². The summed E-state index contributed by atoms with van der Waals surface area (Å²) in [6.45, 7) is 21.2. The van der Waals surface area contributed by atoms with Crippen LogP contribution in [0.1, 0.15) is 94.3 Å². The highest BCUT2D eigenvalue weighted by Crippen LogP contribution is 2.56. The molecule has 0 amide bonds. The number of hydrogen-bond acceptors (Lipinski definition) is 1. The number of benzene rings is 7. The summed E-state index contributed by atoms with van der Waals surface area (Å²) in [7, 11) is 0. The molecule has 0 unspecified atom stereocenters. The molecule has 7 aromatic rings. The van der Waals surface area contributed by atoms with E-state index in [9.17, 15) is 0 Å². The lowest BCUT2D eigenvalue weighted by Gasteiger charge is -2.30. The van der Waals surface area contributed by atoms with Crippen molar-refractivity contribution in [2.75, 3.05) is 4.90 Å². The molecule has 0 radical (unpaired) electrons. The third-order valence-electron chi connectivity index (χ3n) is 12.6. The second-order valence-electron chi connectivity index (χ2n) is 18.1. The number of rotatable bonds is 7. The fourth-order valence-corrected chi connectivity index (χ4v) is 9.93. The first kappa shape index (κ1) is 34.6. The molecule has 0 saturated heterocycles. The molecule has 2 aliphatic rings. The van der Waals surface area contributed by atoms with Gasteiger partial charge >= 0.3 is 0 Å². The molecule has 0 fully saturated rings. The molecule has 0 aliphatic heterocycles. The van der Waals surface area contributed by atoms with Crippen LogP contribution in [0.2, 0.25) is 0 Å². The van der Waals surface area contributed by atoms with E-state index in [2.05, 4.69) is 189 Å². The summed E-state index contributed by atoms with van der Waals surface area (Å²) in [4.78, 5) is 2.49. The maximum Gasteiger partial charge on any atom is 0.0465 e. The van der Waals surface area contributed by atoms with Crippen molar-refractivity contribution >= 4 is 38.6 Å². The average molecular weight is 704 g/mol. The molecule has 0 saturated carbocycles. The number of hydrogen-bond donors (Lipinski definition) is 0. The molecule has 54 heavy (non-hydrogen) atoms. The molecule has 1 heteroatoms. The van der Waals surface area contributed by atoms with Crippen LogP contribution < -0.4 is 4.90 Å². The smallest absolute Gasteiger partial charge is 0.0465 e. The molecular weight excluding hydrogens is 651 g/mol. The SMILES string of the molecule is Cc1ccc(N(c2ccc3c(c2)C(C)(C)c2cc(CC(C)C)c4ccccc4c2-3)c2ccc3c(c2)C(C)(C)c2cc(CC(C)C)c4ccccc4c2-3)cc1. The van der Waals surface area contributed by atoms with E-state index in [1.165, 1.54) is 99.8 Å². The van der Waals surface area contributed by atoms with Gasteiger partial charge in [-0.2, -0.15) is 0 Å². The van der Waals surface area contributed by atoms with Crippen molar-refractivity contribution < 1.29 is 0 Å². The molecule has 9 rings (SSSR count). The second kappa shape index (κ2) is 12.5. The van der Waals surface area contributed by atoms with E-state index >= 15 is 0 Å². The topological polar surface area (TPSA) is 3.24 Å². The van der Waals surface area contributed by atoms with Gasteiger partial charge in [0.2, 0.25) is 0 Å². The Morgan fingerprint density at radius 3 is 1.24 bits per heavy atom. The van der Waals surface area contributed by atoms with Crippen molar-refractivity contribution in [3.8, 4) is 22.3 Å². The minimum absolute atomic E-state index is 0.133. The zero-order valence-electron chi connectivity index (χ0n) is 33.6. The maximum absolute atomic E-state index is 2.53. The lowest BCUT2D eigenvalue weighted by Crippen LogP contribution is -2.18. The van der Waals surface area contributed by atoms with Crippen LogP contribution in [0.25, 0.3) is 43.8 Å². The van der Waals surface area contributed by atoms with E-state index in [0.717, 1.165) is 12.8 Å². The van der Waals surface area contributed by atoms with Crippen LogP contribution in [-0.4, -0.2) is 0 Å². The van der Waals surface area contributed by atoms with Crippen LogP contribution in [0.4, 0.5) is 17.1 Å². The van der Waals surface area contributed by atoms with E-state index in [1.807, 2.05) is 0 Å². The van der Waals surface area contributed by atoms with E-state index in [1.54, 1.807) is 0 Å². The molecule has 0 spiro atoms. The molecular formula is C53H53N. The summed E-state index contributed by atoms with van der Waals surface area (Å²) < 4.78 is 0. The zero-order chi connectivity index (χ0) is 37.7. The van der Waals surface area contributed by atoms with Gasteiger partial charge in [-0.3, -0.25) is 0 Å². The zero-order valence-corrected chi connectivity index (χ0v) is 33.6. The highest BCUT2D eigenvalue weighted by atomic mass is 15.1. The summed E-state index contributed by atoms with van der Waals surface area (Å²) in [6, 6.07) is 46.8. The van der Waals surface area contributed by atoms with Crippen molar-refractivity contribution in [3.05, 3.63) is 160 Å². The van der Waals surface area contributed by atoms with Gasteiger partial charge in [0.1, 0.15) is 0 Å². The van der Waals surface area contributed by atoms with Crippen LogP contribution in [0.3, 0.4) is 0 Å². The molecule has 270 valence electrons. The Morgan fingerprint density at radius 1 is 0.444 bits per heavy atom. The Hall–Kier alpha value is -5.14. The number of aryl methyl sites for hydroxylation is 1. The first-order chi connectivity index (χ1) is 25.8. The molecule has 1 nitrogen and oxygen atoms in total. The number of anilines is 3. The predicted molar refractivity (Wildman–Crippen MR) is 233 cm³/mol. The van der Waals surface area contributed by atoms with Crippen LogP contribution >= 0.6 is 0 Å². The average Bonchev–Trinajstić information content (AvgIpc) is 3.51. The fourth-order valence-electron chi connectivity index (χ4n) is 9.93. The van der Waals surface area contributed by atoms with E-state index in [-0.39, 0.29) is 10.8 Å². The van der Waals surface area contributed by atoms with Gasteiger partial charge < -0.3 is 4.90 Å². The van der Waals surface area contributed by atoms with Gasteiger partial charge in [-0.25, -0.2) is 0 Å². The lowest BCUT2D eigenvalue weighted by atomic mass is 9.80. The molecule has 0 heterocycles. The summed E-state index contributed by atoms with van der Waals surface area (Å²) in [5.74, 6) is 1.19. The highest BCUT2D eigenvalue weighted by Gasteiger charge is 2.40. The Bertz CT molecular complexity index is 2450. The van der Waals surface area contributed by atoms with Crippen molar-refractivity contribution in [2.45, 2.75) is 86.0 Å². The van der Waals surface area contributed by atoms with E-state index in [0.29, 0.717) is 11.8 Å². The van der Waals surface area contributed by atoms with Crippen LogP contribution in [0.5, 0.6) is 0 Å². The number of nitrogens with zero attached hydrogens (tertiary/aromatic N) is 1. The standard InChI is InChI=1S/C53H53N/c1-32(2)26-35-28-48-50(42-16-12-10-14-40(35)42)44-24-22-38(30-46(44)52(48,6)7)54(37-20-18-34(5)19-21-37)39-23-25-45-47(31-39)53(8,9)49-29-36(27-33(3)4)41-15-11-13-17-43(41)51(45)49/h10-25,28-33H,26-27H2,1-9H3. The third kappa shape index (κ3) is 5.26. The number of fused-ring (bicyclic) bond motifs is 10. The first-order valence-electron chi connectivity index (χ1n) is 20.1. The van der Waals surface area contributed by atoms with Gasteiger partial charge in [-0.15, -0.1) is 0 Å². The summed E-state index contributed by atoms with van der Waals surface area (Å²) >= 11 is 0. The van der Waals surface area contributed by atoms with Gasteiger partial charge in [-0.1, -0.05) is 146 Å². The Kier molecular flexibility index (Phi) is 7.98. The predicted octanol–water partition coefficient (Wildman–Crippen LogP) is 14.8. The van der Waals surface area contributed by atoms with Crippen molar-refractivity contribution in [3.63, 3.8) is 0 Å². The molecule has 0 N–H and O–H groups in total. The van der Waals surface area contributed by atoms with Crippen molar-refractivity contribution in [1.29, 1.82) is 0 Å². The molecule has 0 bridgehead atoms. The van der Waals surface area contributed by atoms with Gasteiger partial charge in [0.25, 0.3) is 0 Å². The van der Waals surface area contributed by atoms with Gasteiger partial charge in [0.05, 0.1) is 0 Å². The monoisotopic (exact) mass is 703 g/mol. The van der Waals surface area contributed by atoms with Gasteiger partial charge in [0.15, 0.2) is 0 Å². The molecule has 7 aromatic carbocycles. The Balaban J connectivity index is 1.22. The van der Waals surface area contributed by atoms with Crippen LogP contribution in [-0.2, 0) is 23.7 Å². The minimum atomic E-state index is -0.133. The van der Waals surface area contributed by atoms with Crippen LogP contribution in [0.15, 0.2) is 121 Å². The van der Waals surface area contributed by atoms with Gasteiger partial charge in [-0.05, 0) is 145 Å². The third-order valence-corrected chi connectivity index (χ3v) is 12.6. The van der Waals surface area contributed by atoms with Crippen molar-refractivity contribution in [2.24, 2.45) is 11.8 Å². The summed E-state index contributed by atoms with van der Waals surface area (Å²) in [5.41, 5.74) is 18.8. The van der Waals surface area contributed by atoms with Crippen molar-refractivity contribution in [1.82, 2.24) is 0 Å². The van der Waals surface area contributed by atoms with E-state index in [4.69, 9.17) is 0 Å². The summed E-state index contributed by atoms with van der Waals surface area (Å²) in [5, 5.41) is 5.55. The molecule has 0 aromatic heterocycles. The molecule has 0 atom stereocenters. The molecule has 2 aliphatic carbocycles. The fraction of sp³-hybridized carbons (Fsp3) is 0.283. The first-order valence-corrected chi connectivity index (χ1v) is 20.1. The Morgan fingerprint density at radius 2 is 0.833 bits per heavy atom. The minimum Gasteiger partial charge on any atom is -0.310 e. The Labute approximate surface area is 322 Å². The quantitative estimate of drug-likeness (QED) is 0.160. The largest absolute Gasteiger partial charge is 0.310 e. The van der Waals surface area contributed by atoms with Crippen LogP contribution in [0, 0.1) is 18.8 Å². The highest BCUT2D eigenvalue weighted by molar-refractivity contribution is 6.06. The summed E-state index contributed by atoms with van der Waals surface area (Å²) in [6.07, 6.45) is 2.17. The van der Waals surface area contributed by atoms with Gasteiger partial charge in [0, 0.05) is 27.9 Å². The maximum atomic E-state index is 2.53. The normalized spacial score (nSPS) is 14.8. The second-order valence-corrected chi connectivity index (χ2v) is 18.1. The lowest BCUT2D eigenvalue weighted by molar-refractivity contribution is 0.639.